The number of benzene rings is 1. The zero-order valence-corrected chi connectivity index (χ0v) is 18.0. The van der Waals surface area contributed by atoms with Gasteiger partial charge in [0.15, 0.2) is 10.9 Å². The Kier molecular flexibility index (Phi) is 6.05. The molecule has 2 heterocycles. The maximum Gasteiger partial charge on any atom is 0.263 e. The molecule has 0 bridgehead atoms. The van der Waals surface area contributed by atoms with E-state index in [2.05, 4.69) is 6.58 Å². The van der Waals surface area contributed by atoms with Crippen molar-refractivity contribution in [3.05, 3.63) is 62.8 Å². The van der Waals surface area contributed by atoms with Crippen LogP contribution in [0.5, 0.6) is 5.75 Å². The summed E-state index contributed by atoms with van der Waals surface area (Å²) in [6, 6.07) is 5.39. The lowest BCUT2D eigenvalue weighted by Gasteiger charge is -2.12. The van der Waals surface area contributed by atoms with Gasteiger partial charge in [-0.05, 0) is 44.5 Å². The van der Waals surface area contributed by atoms with Crippen molar-refractivity contribution >= 4 is 39.1 Å². The molecule has 2 aromatic heterocycles. The highest BCUT2D eigenvalue weighted by Crippen LogP contribution is 2.31. The number of thioether (sulfide) groups is 1. The smallest absolute Gasteiger partial charge is 0.263 e. The summed E-state index contributed by atoms with van der Waals surface area (Å²) in [6.07, 6.45) is 1.70. The van der Waals surface area contributed by atoms with Gasteiger partial charge in [0.25, 0.3) is 5.56 Å². The Morgan fingerprint density at radius 3 is 2.79 bits per heavy atom. The monoisotopic (exact) mass is 414 g/mol. The van der Waals surface area contributed by atoms with Crippen LogP contribution in [0.4, 0.5) is 0 Å². The van der Waals surface area contributed by atoms with Crippen LogP contribution >= 0.6 is 23.1 Å². The molecule has 0 aliphatic rings. The maximum absolute atomic E-state index is 13.1. The number of carbonyl (C=O) groups is 1. The van der Waals surface area contributed by atoms with Gasteiger partial charge in [0.2, 0.25) is 0 Å². The van der Waals surface area contributed by atoms with Crippen molar-refractivity contribution in [1.29, 1.82) is 0 Å². The maximum atomic E-state index is 13.1. The van der Waals surface area contributed by atoms with Gasteiger partial charge in [-0.15, -0.1) is 17.9 Å². The average Bonchev–Trinajstić information content (AvgIpc) is 2.96. The van der Waals surface area contributed by atoms with E-state index in [1.165, 1.54) is 30.0 Å². The quantitative estimate of drug-likeness (QED) is 0.241. The predicted molar refractivity (Wildman–Crippen MR) is 116 cm³/mol. The summed E-state index contributed by atoms with van der Waals surface area (Å²) in [5.74, 6) is 1.24. The van der Waals surface area contributed by atoms with E-state index in [4.69, 9.17) is 9.72 Å². The van der Waals surface area contributed by atoms with Crippen molar-refractivity contribution < 1.29 is 9.53 Å². The molecule has 0 amide bonds. The number of aryl methyl sites for hydroxylation is 2. The standard InChI is InChI=1S/C21H22N2O3S2/c1-6-9-23-20(25)18-12(2)14(4)28-19(18)22-21(23)27-11-16-10-15(13(3)24)7-8-17(16)26-5/h6-8,10H,1,9,11H2,2-5H3. The zero-order valence-electron chi connectivity index (χ0n) is 16.4. The van der Waals surface area contributed by atoms with Crippen molar-refractivity contribution in [2.24, 2.45) is 0 Å². The van der Waals surface area contributed by atoms with E-state index in [9.17, 15) is 9.59 Å². The van der Waals surface area contributed by atoms with E-state index in [0.29, 0.717) is 34.2 Å². The molecule has 0 radical (unpaired) electrons. The molecule has 7 heteroatoms. The highest BCUT2D eigenvalue weighted by molar-refractivity contribution is 7.98. The number of Topliss-reactive ketones (excluding diaryl/α,β-unsaturated/α-hetero) is 1. The van der Waals surface area contributed by atoms with Crippen molar-refractivity contribution in [2.75, 3.05) is 7.11 Å². The van der Waals surface area contributed by atoms with Crippen molar-refractivity contribution in [3.8, 4) is 5.75 Å². The molecule has 0 aliphatic heterocycles. The average molecular weight is 415 g/mol. The summed E-state index contributed by atoms with van der Waals surface area (Å²) in [5.41, 5.74) is 2.47. The molecular formula is C21H22N2O3S2. The minimum Gasteiger partial charge on any atom is -0.496 e. The van der Waals surface area contributed by atoms with Gasteiger partial charge >= 0.3 is 0 Å². The minimum absolute atomic E-state index is 0.00143. The molecule has 1 aromatic carbocycles. The first-order valence-corrected chi connectivity index (χ1v) is 10.6. The van der Waals surface area contributed by atoms with E-state index in [1.807, 2.05) is 19.9 Å². The second-order valence-corrected chi connectivity index (χ2v) is 8.58. The number of ketones is 1. The summed E-state index contributed by atoms with van der Waals surface area (Å²) >= 11 is 2.99. The fourth-order valence-corrected chi connectivity index (χ4v) is 5.02. The number of hydrogen-bond donors (Lipinski definition) is 0. The molecule has 0 unspecified atom stereocenters. The lowest BCUT2D eigenvalue weighted by atomic mass is 10.1. The third kappa shape index (κ3) is 3.77. The minimum atomic E-state index is -0.0429. The van der Waals surface area contributed by atoms with Gasteiger partial charge in [-0.25, -0.2) is 4.98 Å². The lowest BCUT2D eigenvalue weighted by molar-refractivity contribution is 0.101. The first-order valence-electron chi connectivity index (χ1n) is 8.79. The van der Waals surface area contributed by atoms with Crippen LogP contribution in [0.25, 0.3) is 10.2 Å². The normalized spacial score (nSPS) is 11.0. The van der Waals surface area contributed by atoms with Crippen LogP contribution in [-0.2, 0) is 12.3 Å². The lowest BCUT2D eigenvalue weighted by Crippen LogP contribution is -2.22. The van der Waals surface area contributed by atoms with Crippen LogP contribution in [0.15, 0.2) is 40.8 Å². The Morgan fingerprint density at radius 1 is 1.39 bits per heavy atom. The number of nitrogens with zero attached hydrogens (tertiary/aromatic N) is 2. The predicted octanol–water partition coefficient (Wildman–Crippen LogP) is 4.76. The summed E-state index contributed by atoms with van der Waals surface area (Å²) in [4.78, 5) is 31.4. The van der Waals surface area contributed by atoms with Crippen LogP contribution in [0, 0.1) is 13.8 Å². The second kappa shape index (κ2) is 8.32. The number of hydrogen-bond acceptors (Lipinski definition) is 6. The van der Waals surface area contributed by atoms with Crippen molar-refractivity contribution in [2.45, 2.75) is 38.2 Å². The first kappa shape index (κ1) is 20.4. The van der Waals surface area contributed by atoms with Crippen LogP contribution in [0.1, 0.15) is 33.3 Å². The molecule has 0 saturated heterocycles. The molecule has 0 saturated carbocycles. The van der Waals surface area contributed by atoms with Gasteiger partial charge in [-0.3, -0.25) is 14.2 Å². The number of aromatic nitrogens is 2. The summed E-state index contributed by atoms with van der Waals surface area (Å²) in [5, 5.41) is 1.32. The summed E-state index contributed by atoms with van der Waals surface area (Å²) in [7, 11) is 1.60. The molecule has 0 fully saturated rings. The third-order valence-electron chi connectivity index (χ3n) is 4.61. The fourth-order valence-electron chi connectivity index (χ4n) is 2.96. The van der Waals surface area contributed by atoms with Crippen LogP contribution in [-0.4, -0.2) is 22.4 Å². The summed E-state index contributed by atoms with van der Waals surface area (Å²) in [6.45, 7) is 9.66. The molecule has 146 valence electrons. The van der Waals surface area contributed by atoms with Gasteiger partial charge in [0, 0.05) is 28.3 Å². The Hall–Kier alpha value is -2.38. The van der Waals surface area contributed by atoms with Crippen LogP contribution in [0.2, 0.25) is 0 Å². The van der Waals surface area contributed by atoms with Crippen molar-refractivity contribution in [3.63, 3.8) is 0 Å². The van der Waals surface area contributed by atoms with E-state index >= 15 is 0 Å². The number of thiophene rings is 1. The molecule has 0 spiro atoms. The van der Waals surface area contributed by atoms with Crippen molar-refractivity contribution in [1.82, 2.24) is 9.55 Å². The number of allylic oxidation sites excluding steroid dienone is 1. The zero-order chi connectivity index (χ0) is 20.4. The first-order chi connectivity index (χ1) is 13.4. The van der Waals surface area contributed by atoms with Gasteiger partial charge in [0.05, 0.1) is 12.5 Å². The molecule has 3 rings (SSSR count). The fraction of sp³-hybridized carbons (Fsp3) is 0.286. The highest BCUT2D eigenvalue weighted by Gasteiger charge is 2.17. The van der Waals surface area contributed by atoms with Crippen LogP contribution in [0.3, 0.4) is 0 Å². The van der Waals surface area contributed by atoms with Gasteiger partial charge in [-0.2, -0.15) is 0 Å². The number of carbonyl (C=O) groups excluding carboxylic acids is 1. The van der Waals surface area contributed by atoms with Crippen LogP contribution < -0.4 is 10.3 Å². The molecule has 5 nitrogen and oxygen atoms in total. The topological polar surface area (TPSA) is 61.2 Å². The Bertz CT molecular complexity index is 1130. The molecule has 28 heavy (non-hydrogen) atoms. The van der Waals surface area contributed by atoms with E-state index < -0.39 is 0 Å². The number of ether oxygens (including phenoxy) is 1. The molecule has 0 atom stereocenters. The Balaban J connectivity index is 2.04. The third-order valence-corrected chi connectivity index (χ3v) is 6.74. The van der Waals surface area contributed by atoms with Gasteiger partial charge < -0.3 is 4.74 Å². The number of methoxy groups -OCH3 is 1. The van der Waals surface area contributed by atoms with Gasteiger partial charge in [-0.1, -0.05) is 17.8 Å². The molecule has 3 aromatic rings. The Labute approximate surface area is 172 Å². The summed E-state index contributed by atoms with van der Waals surface area (Å²) < 4.78 is 7.08. The largest absolute Gasteiger partial charge is 0.496 e. The Morgan fingerprint density at radius 2 is 2.14 bits per heavy atom. The molecular weight excluding hydrogens is 392 g/mol. The van der Waals surface area contributed by atoms with E-state index in [-0.39, 0.29) is 11.3 Å². The van der Waals surface area contributed by atoms with E-state index in [0.717, 1.165) is 20.8 Å². The van der Waals surface area contributed by atoms with E-state index in [1.54, 1.807) is 29.9 Å². The SMILES string of the molecule is C=CCn1c(SCc2cc(C(C)=O)ccc2OC)nc2sc(C)c(C)c2c1=O. The molecule has 0 N–H and O–H groups in total. The number of rotatable bonds is 7. The second-order valence-electron chi connectivity index (χ2n) is 6.43. The van der Waals surface area contributed by atoms with Gasteiger partial charge in [0.1, 0.15) is 10.6 Å². The highest BCUT2D eigenvalue weighted by atomic mass is 32.2. The number of fused-ring (bicyclic) bond motifs is 1. The molecule has 0 aliphatic carbocycles.